The van der Waals surface area contributed by atoms with E-state index in [0.717, 1.165) is 10.2 Å². The lowest BCUT2D eigenvalue weighted by Crippen LogP contribution is -2.00. The molecule has 0 bridgehead atoms. The quantitative estimate of drug-likeness (QED) is 0.730. The number of hydrogen-bond acceptors (Lipinski definition) is 4. The minimum atomic E-state index is 0.663. The molecule has 2 aromatic heterocycles. The molecule has 0 N–H and O–H groups in total. The summed E-state index contributed by atoms with van der Waals surface area (Å²) in [7, 11) is 0. The van der Waals surface area contributed by atoms with Crippen molar-refractivity contribution in [1.82, 2.24) is 19.1 Å². The summed E-state index contributed by atoms with van der Waals surface area (Å²) < 4.78 is 8.48. The normalized spacial score (nSPS) is 11.1. The Hall–Kier alpha value is -1.27. The van der Waals surface area contributed by atoms with Gasteiger partial charge in [0, 0.05) is 9.86 Å². The second kappa shape index (κ2) is 3.95. The maximum Gasteiger partial charge on any atom is 0.137 e. The monoisotopic (exact) mass is 294 g/mol. The van der Waals surface area contributed by atoms with Crippen molar-refractivity contribution >= 4 is 37.5 Å². The molecule has 0 fully saturated rings. The van der Waals surface area contributed by atoms with Crippen LogP contribution in [0.1, 0.15) is 5.69 Å². The van der Waals surface area contributed by atoms with Crippen LogP contribution in [-0.4, -0.2) is 19.1 Å². The first-order chi connectivity index (χ1) is 7.83. The van der Waals surface area contributed by atoms with Gasteiger partial charge in [-0.2, -0.15) is 9.47 Å². The average molecular weight is 295 g/mol. The zero-order chi connectivity index (χ0) is 11.0. The van der Waals surface area contributed by atoms with Crippen molar-refractivity contribution < 1.29 is 0 Å². The van der Waals surface area contributed by atoms with Gasteiger partial charge in [-0.25, -0.2) is 9.67 Å². The fourth-order valence-corrected chi connectivity index (χ4v) is 2.67. The second-order valence-corrected chi connectivity index (χ2v) is 5.08. The molecule has 16 heavy (non-hydrogen) atoms. The zero-order valence-electron chi connectivity index (χ0n) is 8.17. The van der Waals surface area contributed by atoms with E-state index in [1.165, 1.54) is 27.9 Å². The molecule has 0 aliphatic rings. The number of rotatable bonds is 2. The molecule has 6 heteroatoms. The Morgan fingerprint density at radius 1 is 1.38 bits per heavy atom. The van der Waals surface area contributed by atoms with E-state index in [1.807, 2.05) is 6.07 Å². The van der Waals surface area contributed by atoms with Gasteiger partial charge in [-0.05, 0) is 29.7 Å². The van der Waals surface area contributed by atoms with Gasteiger partial charge in [-0.3, -0.25) is 0 Å². The Bertz CT molecular complexity index is 617. The van der Waals surface area contributed by atoms with Gasteiger partial charge in [-0.1, -0.05) is 15.9 Å². The molecule has 0 aliphatic carbocycles. The molecule has 80 valence electrons. The third-order valence-corrected chi connectivity index (χ3v) is 3.64. The summed E-state index contributed by atoms with van der Waals surface area (Å²) in [5, 5.41) is 5.25. The number of fused-ring (bicyclic) bond motifs is 1. The van der Waals surface area contributed by atoms with Crippen molar-refractivity contribution in [2.45, 2.75) is 6.54 Å². The van der Waals surface area contributed by atoms with Crippen molar-refractivity contribution in [3.05, 3.63) is 41.0 Å². The molecule has 0 atom stereocenters. The Morgan fingerprint density at radius 3 is 3.12 bits per heavy atom. The minimum Gasteiger partial charge on any atom is -0.247 e. The lowest BCUT2D eigenvalue weighted by Gasteiger charge is -1.98. The molecule has 3 rings (SSSR count). The Balaban J connectivity index is 2.07. The van der Waals surface area contributed by atoms with Gasteiger partial charge in [0.05, 0.1) is 16.9 Å². The highest BCUT2D eigenvalue weighted by atomic mass is 79.9. The van der Waals surface area contributed by atoms with Crippen LogP contribution in [0.2, 0.25) is 0 Å². The molecule has 0 saturated heterocycles. The summed E-state index contributed by atoms with van der Waals surface area (Å²) in [6, 6.07) is 6.19. The molecule has 0 unspecified atom stereocenters. The first kappa shape index (κ1) is 9.92. The average Bonchev–Trinajstić information content (AvgIpc) is 2.90. The van der Waals surface area contributed by atoms with Gasteiger partial charge in [-0.15, -0.1) is 0 Å². The number of benzene rings is 1. The minimum absolute atomic E-state index is 0.663. The van der Waals surface area contributed by atoms with Crippen molar-refractivity contribution in [3.63, 3.8) is 0 Å². The first-order valence-corrected chi connectivity index (χ1v) is 6.26. The van der Waals surface area contributed by atoms with Crippen molar-refractivity contribution in [2.75, 3.05) is 0 Å². The fourth-order valence-electron chi connectivity index (χ4n) is 1.54. The van der Waals surface area contributed by atoms with Crippen LogP contribution in [0.3, 0.4) is 0 Å². The maximum absolute atomic E-state index is 4.44. The van der Waals surface area contributed by atoms with E-state index in [0.29, 0.717) is 6.54 Å². The third kappa shape index (κ3) is 1.74. The highest BCUT2D eigenvalue weighted by molar-refractivity contribution is 9.10. The smallest absolute Gasteiger partial charge is 0.137 e. The zero-order valence-corrected chi connectivity index (χ0v) is 10.6. The van der Waals surface area contributed by atoms with E-state index >= 15 is 0 Å². The number of nitrogens with zero attached hydrogens (tertiary/aromatic N) is 4. The standard InChI is InChI=1S/C10H7BrN4S/c11-7-1-2-10-8(3-7)9(14-16-10)4-15-6-12-5-13-15/h1-3,5-6H,4H2. The second-order valence-electron chi connectivity index (χ2n) is 3.36. The maximum atomic E-state index is 4.44. The van der Waals surface area contributed by atoms with Crippen molar-refractivity contribution in [3.8, 4) is 0 Å². The largest absolute Gasteiger partial charge is 0.247 e. The number of halogens is 1. The van der Waals surface area contributed by atoms with Crippen LogP contribution in [0.15, 0.2) is 35.3 Å². The lowest BCUT2D eigenvalue weighted by atomic mass is 10.2. The van der Waals surface area contributed by atoms with Crippen molar-refractivity contribution in [2.24, 2.45) is 0 Å². The summed E-state index contributed by atoms with van der Waals surface area (Å²) in [6.07, 6.45) is 3.23. The summed E-state index contributed by atoms with van der Waals surface area (Å²) in [5.74, 6) is 0. The molecule has 3 aromatic rings. The Kier molecular flexibility index (Phi) is 2.45. The molecular weight excluding hydrogens is 288 g/mol. The Morgan fingerprint density at radius 2 is 2.31 bits per heavy atom. The first-order valence-electron chi connectivity index (χ1n) is 4.69. The Labute approximate surface area is 104 Å². The van der Waals surface area contributed by atoms with E-state index in [-0.39, 0.29) is 0 Å². The molecule has 0 amide bonds. The van der Waals surface area contributed by atoms with Gasteiger partial charge in [0.15, 0.2) is 0 Å². The van der Waals surface area contributed by atoms with Crippen LogP contribution in [0.25, 0.3) is 10.1 Å². The molecule has 0 aliphatic heterocycles. The SMILES string of the molecule is Brc1ccc2snc(Cn3cncn3)c2c1. The molecule has 0 radical (unpaired) electrons. The number of hydrogen-bond donors (Lipinski definition) is 0. The predicted octanol–water partition coefficient (Wildman–Crippen LogP) is 2.70. The molecule has 1 aromatic carbocycles. The highest BCUT2D eigenvalue weighted by Crippen LogP contribution is 2.26. The molecule has 0 saturated carbocycles. The van der Waals surface area contributed by atoms with E-state index in [4.69, 9.17) is 0 Å². The highest BCUT2D eigenvalue weighted by Gasteiger charge is 2.07. The predicted molar refractivity (Wildman–Crippen MR) is 66.4 cm³/mol. The van der Waals surface area contributed by atoms with Crippen LogP contribution in [0, 0.1) is 0 Å². The summed E-state index contributed by atoms with van der Waals surface area (Å²) in [6.45, 7) is 0.663. The van der Waals surface area contributed by atoms with Gasteiger partial charge in [0.25, 0.3) is 0 Å². The van der Waals surface area contributed by atoms with Gasteiger partial charge < -0.3 is 0 Å². The third-order valence-electron chi connectivity index (χ3n) is 2.29. The van der Waals surface area contributed by atoms with Gasteiger partial charge >= 0.3 is 0 Å². The van der Waals surface area contributed by atoms with Crippen LogP contribution in [0.4, 0.5) is 0 Å². The van der Waals surface area contributed by atoms with Crippen LogP contribution in [-0.2, 0) is 6.54 Å². The van der Waals surface area contributed by atoms with E-state index in [9.17, 15) is 0 Å². The summed E-state index contributed by atoms with van der Waals surface area (Å²) in [4.78, 5) is 3.92. The lowest BCUT2D eigenvalue weighted by molar-refractivity contribution is 0.679. The van der Waals surface area contributed by atoms with Crippen LogP contribution >= 0.6 is 27.5 Å². The molecule has 4 nitrogen and oxygen atoms in total. The molecule has 0 spiro atoms. The topological polar surface area (TPSA) is 43.6 Å². The van der Waals surface area contributed by atoms with E-state index in [2.05, 4.69) is 42.5 Å². The van der Waals surface area contributed by atoms with Gasteiger partial charge in [0.2, 0.25) is 0 Å². The van der Waals surface area contributed by atoms with E-state index < -0.39 is 0 Å². The molecule has 2 heterocycles. The summed E-state index contributed by atoms with van der Waals surface area (Å²) in [5.41, 5.74) is 1.03. The van der Waals surface area contributed by atoms with Crippen LogP contribution < -0.4 is 0 Å². The van der Waals surface area contributed by atoms with Gasteiger partial charge in [0.1, 0.15) is 12.7 Å². The van der Waals surface area contributed by atoms with E-state index in [1.54, 1.807) is 11.0 Å². The molecular formula is C10H7BrN4S. The summed E-state index contributed by atoms with van der Waals surface area (Å²) >= 11 is 4.98. The van der Waals surface area contributed by atoms with Crippen molar-refractivity contribution in [1.29, 1.82) is 0 Å². The van der Waals surface area contributed by atoms with Crippen LogP contribution in [0.5, 0.6) is 0 Å². The fraction of sp³-hybridized carbons (Fsp3) is 0.100. The number of aromatic nitrogens is 4.